The smallest absolute Gasteiger partial charge is 0.433 e. The number of nitrogens with zero attached hydrogens (tertiary/aromatic N) is 3. The summed E-state index contributed by atoms with van der Waals surface area (Å²) < 4.78 is 48.5. The van der Waals surface area contributed by atoms with Gasteiger partial charge in [0.05, 0.1) is 6.54 Å². The Morgan fingerprint density at radius 2 is 1.90 bits per heavy atom. The predicted octanol–water partition coefficient (Wildman–Crippen LogP) is 4.44. The Balaban J connectivity index is 1.76. The van der Waals surface area contributed by atoms with Crippen LogP contribution in [-0.2, 0) is 18.3 Å². The zero-order valence-corrected chi connectivity index (χ0v) is 15.9. The number of benzene rings is 1. The van der Waals surface area contributed by atoms with Crippen molar-refractivity contribution < 1.29 is 23.0 Å². The van der Waals surface area contributed by atoms with Gasteiger partial charge in [-0.15, -0.1) is 0 Å². The van der Waals surface area contributed by atoms with Crippen LogP contribution >= 0.6 is 12.2 Å². The van der Waals surface area contributed by atoms with Crippen LogP contribution in [0.15, 0.2) is 48.8 Å². The zero-order chi connectivity index (χ0) is 20.6. The van der Waals surface area contributed by atoms with Crippen LogP contribution in [0.25, 0.3) is 0 Å². The molecule has 1 unspecified atom stereocenters. The van der Waals surface area contributed by atoms with E-state index in [0.29, 0.717) is 18.6 Å². The van der Waals surface area contributed by atoms with Crippen molar-refractivity contribution in [3.8, 4) is 11.6 Å². The Hall–Kier alpha value is -2.72. The number of ether oxygens (including phenoxy) is 1. The number of nitrogens with one attached hydrogen (secondary N) is 1. The van der Waals surface area contributed by atoms with Gasteiger partial charge in [-0.2, -0.15) is 18.3 Å². The van der Waals surface area contributed by atoms with Gasteiger partial charge in [0, 0.05) is 11.6 Å². The number of pyridine rings is 1. The van der Waals surface area contributed by atoms with Crippen molar-refractivity contribution in [1.82, 2.24) is 19.7 Å². The Morgan fingerprint density at radius 1 is 1.17 bits per heavy atom. The van der Waals surface area contributed by atoms with Crippen LogP contribution in [0.1, 0.15) is 24.1 Å². The number of aromatic nitrogens is 4. The SMILES string of the molecule is OC(Cn1nc[nH]c1=S)(c1ccc(Oc2ccccc2)nc1C(F)(F)F)C1CC1. The molecule has 0 amide bonds. The minimum Gasteiger partial charge on any atom is -0.439 e. The summed E-state index contributed by atoms with van der Waals surface area (Å²) in [6, 6.07) is 10.9. The molecular formula is C19H17F3N4O2S. The van der Waals surface area contributed by atoms with Crippen molar-refractivity contribution in [3.05, 3.63) is 64.8 Å². The lowest BCUT2D eigenvalue weighted by atomic mass is 9.87. The third kappa shape index (κ3) is 4.03. The predicted molar refractivity (Wildman–Crippen MR) is 99.8 cm³/mol. The van der Waals surface area contributed by atoms with E-state index in [-0.39, 0.29) is 28.7 Å². The number of hydrogen-bond acceptors (Lipinski definition) is 5. The van der Waals surface area contributed by atoms with Crippen LogP contribution in [-0.4, -0.2) is 24.9 Å². The van der Waals surface area contributed by atoms with E-state index in [1.165, 1.54) is 23.1 Å². The molecular weight excluding hydrogens is 405 g/mol. The molecule has 1 aliphatic rings. The first-order chi connectivity index (χ1) is 13.8. The zero-order valence-electron chi connectivity index (χ0n) is 15.1. The topological polar surface area (TPSA) is 76.0 Å². The number of halogens is 3. The van der Waals surface area contributed by atoms with Crippen LogP contribution < -0.4 is 4.74 Å². The molecule has 2 aromatic heterocycles. The van der Waals surface area contributed by atoms with E-state index in [1.807, 2.05) is 0 Å². The number of alkyl halides is 3. The van der Waals surface area contributed by atoms with Crippen LogP contribution in [0.3, 0.4) is 0 Å². The first-order valence-corrected chi connectivity index (χ1v) is 9.33. The molecule has 0 saturated heterocycles. The number of H-pyrrole nitrogens is 1. The summed E-state index contributed by atoms with van der Waals surface area (Å²) in [6.07, 6.45) is -2.24. The lowest BCUT2D eigenvalue weighted by Gasteiger charge is -2.30. The van der Waals surface area contributed by atoms with Gasteiger partial charge < -0.3 is 14.8 Å². The molecule has 1 fully saturated rings. The third-order valence-corrected chi connectivity index (χ3v) is 5.16. The van der Waals surface area contributed by atoms with Crippen molar-refractivity contribution in [2.45, 2.75) is 31.2 Å². The monoisotopic (exact) mass is 422 g/mol. The fraction of sp³-hybridized carbons (Fsp3) is 0.316. The van der Waals surface area contributed by atoms with Gasteiger partial charge in [0.1, 0.15) is 17.7 Å². The molecule has 6 nitrogen and oxygen atoms in total. The van der Waals surface area contributed by atoms with Gasteiger partial charge in [0.15, 0.2) is 10.5 Å². The van der Waals surface area contributed by atoms with Crippen molar-refractivity contribution in [3.63, 3.8) is 0 Å². The Kier molecular flexibility index (Phi) is 4.91. The van der Waals surface area contributed by atoms with Crippen LogP contribution in [0.5, 0.6) is 11.6 Å². The van der Waals surface area contributed by atoms with Crippen molar-refractivity contribution in [2.24, 2.45) is 5.92 Å². The highest BCUT2D eigenvalue weighted by Crippen LogP contribution is 2.49. The van der Waals surface area contributed by atoms with Crippen molar-refractivity contribution >= 4 is 12.2 Å². The highest BCUT2D eigenvalue weighted by molar-refractivity contribution is 7.71. The molecule has 1 aromatic carbocycles. The quantitative estimate of drug-likeness (QED) is 0.575. The molecule has 29 heavy (non-hydrogen) atoms. The Bertz CT molecular complexity index is 1060. The number of para-hydroxylation sites is 1. The number of aliphatic hydroxyl groups is 1. The van der Waals surface area contributed by atoms with Gasteiger partial charge in [0.25, 0.3) is 0 Å². The van der Waals surface area contributed by atoms with Gasteiger partial charge in [-0.3, -0.25) is 0 Å². The van der Waals surface area contributed by atoms with Gasteiger partial charge in [-0.05, 0) is 49.2 Å². The maximum absolute atomic E-state index is 13.9. The van der Waals surface area contributed by atoms with Crippen molar-refractivity contribution in [1.29, 1.82) is 0 Å². The van der Waals surface area contributed by atoms with E-state index >= 15 is 0 Å². The van der Waals surface area contributed by atoms with Gasteiger partial charge in [-0.25, -0.2) is 9.67 Å². The third-order valence-electron chi connectivity index (χ3n) is 4.83. The molecule has 0 radical (unpaired) electrons. The van der Waals surface area contributed by atoms with Crippen LogP contribution in [0.2, 0.25) is 0 Å². The average molecular weight is 422 g/mol. The highest BCUT2D eigenvalue weighted by atomic mass is 32.1. The maximum atomic E-state index is 13.9. The molecule has 1 atom stereocenters. The molecule has 10 heteroatoms. The summed E-state index contributed by atoms with van der Waals surface area (Å²) in [4.78, 5) is 6.38. The molecule has 2 heterocycles. The maximum Gasteiger partial charge on any atom is 0.433 e. The largest absolute Gasteiger partial charge is 0.439 e. The summed E-state index contributed by atoms with van der Waals surface area (Å²) in [7, 11) is 0. The molecule has 0 spiro atoms. The number of rotatable bonds is 6. The van der Waals surface area contributed by atoms with E-state index in [4.69, 9.17) is 17.0 Å². The number of hydrogen-bond donors (Lipinski definition) is 2. The molecule has 4 rings (SSSR count). The summed E-state index contributed by atoms with van der Waals surface area (Å²) >= 11 is 5.09. The standard InChI is InChI=1S/C19H17F3N4O2S/c20-19(21,22)16-14(8-9-15(25-16)28-13-4-2-1-3-5-13)18(27,12-6-7-12)10-26-17(29)23-11-24-26/h1-5,8-9,11-12,27H,6-7,10H2,(H,23,24,29). The lowest BCUT2D eigenvalue weighted by Crippen LogP contribution is -2.37. The lowest BCUT2D eigenvalue weighted by molar-refractivity contribution is -0.145. The second-order valence-corrected chi connectivity index (χ2v) is 7.30. The fourth-order valence-corrected chi connectivity index (χ4v) is 3.45. The molecule has 152 valence electrons. The Labute approximate surface area is 169 Å². The second kappa shape index (κ2) is 7.27. The molecule has 2 N–H and O–H groups in total. The van der Waals surface area contributed by atoms with Gasteiger partial charge >= 0.3 is 6.18 Å². The Morgan fingerprint density at radius 3 is 2.48 bits per heavy atom. The van der Waals surface area contributed by atoms with Crippen molar-refractivity contribution in [2.75, 3.05) is 0 Å². The summed E-state index contributed by atoms with van der Waals surface area (Å²) in [5, 5.41) is 15.3. The normalized spacial score (nSPS) is 16.4. The highest BCUT2D eigenvalue weighted by Gasteiger charge is 2.51. The minimum atomic E-state index is -4.78. The molecule has 1 aliphatic carbocycles. The fourth-order valence-electron chi connectivity index (χ4n) is 3.29. The minimum absolute atomic E-state index is 0.205. The first-order valence-electron chi connectivity index (χ1n) is 8.92. The molecule has 3 aromatic rings. The van der Waals surface area contributed by atoms with E-state index in [1.54, 1.807) is 30.3 Å². The summed E-state index contributed by atoms with van der Waals surface area (Å²) in [5.41, 5.74) is -3.29. The second-order valence-electron chi connectivity index (χ2n) is 6.91. The van der Waals surface area contributed by atoms with Crippen LogP contribution in [0, 0.1) is 10.7 Å². The summed E-state index contributed by atoms with van der Waals surface area (Å²) in [6.45, 7) is -0.205. The summed E-state index contributed by atoms with van der Waals surface area (Å²) in [5.74, 6) is -0.187. The van der Waals surface area contributed by atoms with E-state index in [0.717, 1.165) is 0 Å². The first kappa shape index (κ1) is 19.6. The van der Waals surface area contributed by atoms with Crippen LogP contribution in [0.4, 0.5) is 13.2 Å². The van der Waals surface area contributed by atoms with E-state index in [9.17, 15) is 18.3 Å². The molecule has 0 aliphatic heterocycles. The van der Waals surface area contributed by atoms with Gasteiger partial charge in [-0.1, -0.05) is 18.2 Å². The van der Waals surface area contributed by atoms with E-state index in [2.05, 4.69) is 15.1 Å². The van der Waals surface area contributed by atoms with Gasteiger partial charge in [0.2, 0.25) is 5.88 Å². The molecule has 0 bridgehead atoms. The van der Waals surface area contributed by atoms with E-state index < -0.39 is 17.5 Å². The number of aromatic amines is 1. The average Bonchev–Trinajstić information content (AvgIpc) is 3.47. The molecule has 1 saturated carbocycles.